The van der Waals surface area contributed by atoms with Crippen molar-refractivity contribution in [3.63, 3.8) is 0 Å². The van der Waals surface area contributed by atoms with Gasteiger partial charge in [-0.15, -0.1) is 0 Å². The second-order valence-electron chi connectivity index (χ2n) is 5.16. The highest BCUT2D eigenvalue weighted by Crippen LogP contribution is 2.33. The number of nitrogens with one attached hydrogen (secondary N) is 1. The number of hydrogen-bond acceptors (Lipinski definition) is 3. The molecule has 0 bridgehead atoms. The van der Waals surface area contributed by atoms with E-state index in [1.54, 1.807) is 12.1 Å². The Labute approximate surface area is 129 Å². The summed E-state index contributed by atoms with van der Waals surface area (Å²) in [5.41, 5.74) is 5.60. The van der Waals surface area contributed by atoms with Gasteiger partial charge in [-0.05, 0) is 37.6 Å². The second-order valence-corrected chi connectivity index (χ2v) is 5.97. The van der Waals surface area contributed by atoms with Crippen LogP contribution < -0.4 is 11.1 Å². The van der Waals surface area contributed by atoms with Gasteiger partial charge in [0.1, 0.15) is 5.54 Å². The molecule has 1 heterocycles. The lowest BCUT2D eigenvalue weighted by Gasteiger charge is -2.38. The molecule has 1 aromatic carbocycles. The molecule has 1 aliphatic rings. The Morgan fingerprint density at radius 2 is 2.05 bits per heavy atom. The molecule has 1 aliphatic heterocycles. The van der Waals surface area contributed by atoms with E-state index in [9.17, 15) is 4.79 Å². The zero-order valence-corrected chi connectivity index (χ0v) is 13.0. The molecule has 1 fully saturated rings. The van der Waals surface area contributed by atoms with Crippen molar-refractivity contribution < 1.29 is 4.79 Å². The van der Waals surface area contributed by atoms with Crippen molar-refractivity contribution in [2.75, 3.05) is 26.2 Å². The Balaban J connectivity index is 2.41. The van der Waals surface area contributed by atoms with Crippen LogP contribution in [0.15, 0.2) is 18.2 Å². The van der Waals surface area contributed by atoms with Crippen molar-refractivity contribution >= 4 is 29.1 Å². The third kappa shape index (κ3) is 2.93. The van der Waals surface area contributed by atoms with Crippen molar-refractivity contribution in [1.29, 1.82) is 0 Å². The highest BCUT2D eigenvalue weighted by molar-refractivity contribution is 6.42. The van der Waals surface area contributed by atoms with E-state index in [0.717, 1.165) is 38.2 Å². The van der Waals surface area contributed by atoms with E-state index in [-0.39, 0.29) is 5.91 Å². The summed E-state index contributed by atoms with van der Waals surface area (Å²) < 4.78 is 0. The summed E-state index contributed by atoms with van der Waals surface area (Å²) in [6.45, 7) is 5.21. The summed E-state index contributed by atoms with van der Waals surface area (Å²) in [6.07, 6.45) is 0.976. The first-order valence-electron chi connectivity index (χ1n) is 6.67. The molecule has 110 valence electrons. The summed E-state index contributed by atoms with van der Waals surface area (Å²) in [5.74, 6) is -0.377. The van der Waals surface area contributed by atoms with Crippen LogP contribution in [0.4, 0.5) is 0 Å². The van der Waals surface area contributed by atoms with Gasteiger partial charge in [0.2, 0.25) is 5.91 Å². The average Bonchev–Trinajstić information content (AvgIpc) is 2.70. The lowest BCUT2D eigenvalue weighted by Crippen LogP contribution is -2.54. The second kappa shape index (κ2) is 6.31. The van der Waals surface area contributed by atoms with Gasteiger partial charge in [0, 0.05) is 19.6 Å². The Morgan fingerprint density at radius 3 is 2.70 bits per heavy atom. The van der Waals surface area contributed by atoms with Gasteiger partial charge in [-0.25, -0.2) is 0 Å². The van der Waals surface area contributed by atoms with Crippen molar-refractivity contribution in [2.24, 2.45) is 5.73 Å². The monoisotopic (exact) mass is 315 g/mol. The smallest absolute Gasteiger partial charge is 0.242 e. The van der Waals surface area contributed by atoms with Gasteiger partial charge in [0.05, 0.1) is 10.0 Å². The predicted octanol–water partition coefficient (Wildman–Crippen LogP) is 1.99. The number of nitrogens with zero attached hydrogens (tertiary/aromatic N) is 1. The summed E-state index contributed by atoms with van der Waals surface area (Å²) >= 11 is 12.0. The van der Waals surface area contributed by atoms with Gasteiger partial charge in [-0.3, -0.25) is 9.69 Å². The number of carbonyl (C=O) groups excluding carboxylic acids is 1. The van der Waals surface area contributed by atoms with Gasteiger partial charge in [-0.1, -0.05) is 29.3 Å². The lowest BCUT2D eigenvalue weighted by molar-refractivity contribution is -0.129. The number of amides is 1. The number of nitrogens with two attached hydrogens (primary N) is 1. The maximum absolute atomic E-state index is 12.1. The lowest BCUT2D eigenvalue weighted by atomic mass is 9.89. The van der Waals surface area contributed by atoms with Crippen molar-refractivity contribution in [3.8, 4) is 0 Å². The van der Waals surface area contributed by atoms with Crippen LogP contribution in [-0.2, 0) is 10.3 Å². The molecule has 1 amide bonds. The Bertz CT molecular complexity index is 501. The zero-order chi connectivity index (χ0) is 14.8. The molecule has 6 heteroatoms. The number of hydrogen-bond donors (Lipinski definition) is 2. The number of carbonyl (C=O) groups is 1. The van der Waals surface area contributed by atoms with Crippen LogP contribution in [0, 0.1) is 0 Å². The molecule has 0 aromatic heterocycles. The molecule has 1 aromatic rings. The Morgan fingerprint density at radius 1 is 1.30 bits per heavy atom. The van der Waals surface area contributed by atoms with Gasteiger partial charge in [0.15, 0.2) is 0 Å². The van der Waals surface area contributed by atoms with E-state index in [0.29, 0.717) is 10.0 Å². The van der Waals surface area contributed by atoms with Gasteiger partial charge in [0.25, 0.3) is 0 Å². The van der Waals surface area contributed by atoms with E-state index < -0.39 is 5.54 Å². The third-order valence-corrected chi connectivity index (χ3v) is 4.67. The van der Waals surface area contributed by atoms with E-state index in [4.69, 9.17) is 28.9 Å². The first-order chi connectivity index (χ1) is 9.46. The molecule has 1 saturated heterocycles. The normalized spacial score (nSPS) is 20.1. The minimum Gasteiger partial charge on any atom is -0.368 e. The van der Waals surface area contributed by atoms with Crippen molar-refractivity contribution in [1.82, 2.24) is 10.2 Å². The molecule has 1 atom stereocenters. The van der Waals surface area contributed by atoms with Crippen LogP contribution in [-0.4, -0.2) is 37.0 Å². The summed E-state index contributed by atoms with van der Waals surface area (Å²) in [5, 5.41) is 4.23. The van der Waals surface area contributed by atoms with E-state index >= 15 is 0 Å². The van der Waals surface area contributed by atoms with Crippen LogP contribution >= 0.6 is 23.2 Å². The molecule has 2 rings (SSSR count). The maximum atomic E-state index is 12.1. The molecule has 4 nitrogen and oxygen atoms in total. The van der Waals surface area contributed by atoms with E-state index in [1.807, 2.05) is 13.0 Å². The fraction of sp³-hybridized carbons (Fsp3) is 0.500. The van der Waals surface area contributed by atoms with E-state index in [2.05, 4.69) is 10.2 Å². The van der Waals surface area contributed by atoms with Crippen LogP contribution in [0.3, 0.4) is 0 Å². The van der Waals surface area contributed by atoms with Crippen LogP contribution in [0.5, 0.6) is 0 Å². The molecule has 1 unspecified atom stereocenters. The third-order valence-electron chi connectivity index (χ3n) is 3.93. The molecular formula is C14H19Cl2N3O. The minimum absolute atomic E-state index is 0.377. The highest BCUT2D eigenvalue weighted by atomic mass is 35.5. The number of primary amides is 1. The largest absolute Gasteiger partial charge is 0.368 e. The van der Waals surface area contributed by atoms with Crippen molar-refractivity contribution in [3.05, 3.63) is 33.8 Å². The SMILES string of the molecule is CC(C(N)=O)(c1ccc(Cl)c(Cl)c1)N1CCCNCC1. The molecule has 0 radical (unpaired) electrons. The number of rotatable bonds is 3. The highest BCUT2D eigenvalue weighted by Gasteiger charge is 2.39. The van der Waals surface area contributed by atoms with Crippen LogP contribution in [0.2, 0.25) is 10.0 Å². The zero-order valence-electron chi connectivity index (χ0n) is 11.5. The summed E-state index contributed by atoms with van der Waals surface area (Å²) in [4.78, 5) is 14.2. The molecular weight excluding hydrogens is 297 g/mol. The quantitative estimate of drug-likeness (QED) is 0.896. The van der Waals surface area contributed by atoms with Crippen molar-refractivity contribution in [2.45, 2.75) is 18.9 Å². The Hall–Kier alpha value is -0.810. The van der Waals surface area contributed by atoms with E-state index in [1.165, 1.54) is 0 Å². The van der Waals surface area contributed by atoms with Crippen LogP contribution in [0.25, 0.3) is 0 Å². The van der Waals surface area contributed by atoms with Gasteiger partial charge < -0.3 is 11.1 Å². The maximum Gasteiger partial charge on any atom is 0.242 e. The fourth-order valence-corrected chi connectivity index (χ4v) is 2.87. The number of benzene rings is 1. The summed E-state index contributed by atoms with van der Waals surface area (Å²) in [6, 6.07) is 5.25. The summed E-state index contributed by atoms with van der Waals surface area (Å²) in [7, 11) is 0. The standard InChI is InChI=1S/C14H19Cl2N3O/c1-14(13(17)20,19-7-2-5-18-6-8-19)10-3-4-11(15)12(16)9-10/h3-4,9,18H,2,5-8H2,1H3,(H2,17,20). The first-order valence-corrected chi connectivity index (χ1v) is 7.43. The van der Waals surface area contributed by atoms with Gasteiger partial charge in [-0.2, -0.15) is 0 Å². The molecule has 3 N–H and O–H groups in total. The molecule has 0 saturated carbocycles. The first kappa shape index (κ1) is 15.6. The predicted molar refractivity (Wildman–Crippen MR) is 82.1 cm³/mol. The average molecular weight is 316 g/mol. The van der Waals surface area contributed by atoms with Gasteiger partial charge >= 0.3 is 0 Å². The molecule has 20 heavy (non-hydrogen) atoms. The van der Waals surface area contributed by atoms with Crippen LogP contribution in [0.1, 0.15) is 18.9 Å². The fourth-order valence-electron chi connectivity index (χ4n) is 2.57. The topological polar surface area (TPSA) is 58.4 Å². The Kier molecular flexibility index (Phi) is 4.91. The molecule has 0 spiro atoms. The molecule has 0 aliphatic carbocycles. The minimum atomic E-state index is -0.875. The number of halogens is 2.